The number of ether oxygens (including phenoxy) is 1. The Morgan fingerprint density at radius 2 is 1.86 bits per heavy atom. The molecule has 2 aromatic carbocycles. The zero-order valence-electron chi connectivity index (χ0n) is 15.1. The normalized spacial score (nSPS) is 19.6. The van der Waals surface area contributed by atoms with Crippen molar-refractivity contribution in [1.82, 2.24) is 10.2 Å². The van der Waals surface area contributed by atoms with Crippen LogP contribution in [0.25, 0.3) is 22.0 Å². The summed E-state index contributed by atoms with van der Waals surface area (Å²) in [7, 11) is 0. The lowest BCUT2D eigenvalue weighted by molar-refractivity contribution is -0.137. The molecule has 2 heterocycles. The van der Waals surface area contributed by atoms with Crippen LogP contribution in [0.1, 0.15) is 12.0 Å². The molecule has 0 amide bonds. The molecule has 5 nitrogen and oxygen atoms in total. The first kappa shape index (κ1) is 19.5. The molecule has 0 radical (unpaired) electrons. The van der Waals surface area contributed by atoms with Gasteiger partial charge in [-0.05, 0) is 18.2 Å². The van der Waals surface area contributed by atoms with Gasteiger partial charge in [-0.2, -0.15) is 13.2 Å². The Kier molecular flexibility index (Phi) is 4.87. The van der Waals surface area contributed by atoms with Gasteiger partial charge in [-0.3, -0.25) is 0 Å². The largest absolute Gasteiger partial charge is 0.416 e. The van der Waals surface area contributed by atoms with E-state index in [4.69, 9.17) is 4.74 Å². The Morgan fingerprint density at radius 3 is 2.52 bits per heavy atom. The highest BCUT2D eigenvalue weighted by molar-refractivity contribution is 6.00. The zero-order valence-corrected chi connectivity index (χ0v) is 15.1. The Labute approximate surface area is 163 Å². The molecule has 1 atom stereocenters. The third kappa shape index (κ3) is 3.88. The second-order valence-corrected chi connectivity index (χ2v) is 7.02. The van der Waals surface area contributed by atoms with Crippen LogP contribution in [-0.4, -0.2) is 40.7 Å². The molecule has 3 aromatic rings. The van der Waals surface area contributed by atoms with Crippen molar-refractivity contribution in [3.8, 4) is 11.3 Å². The molecule has 0 saturated carbocycles. The number of hydrogen-bond donors (Lipinski definition) is 2. The van der Waals surface area contributed by atoms with Crippen LogP contribution in [-0.2, 0) is 10.9 Å². The van der Waals surface area contributed by atoms with Crippen LogP contribution < -0.4 is 5.32 Å². The molecule has 29 heavy (non-hydrogen) atoms. The predicted molar refractivity (Wildman–Crippen MR) is 98.8 cm³/mol. The van der Waals surface area contributed by atoms with E-state index in [1.54, 1.807) is 6.07 Å². The van der Waals surface area contributed by atoms with E-state index in [-0.39, 0.29) is 30.0 Å². The molecule has 152 valence electrons. The Bertz CT molecular complexity index is 1030. The topological polar surface area (TPSA) is 67.3 Å². The Hall–Kier alpha value is -2.78. The Morgan fingerprint density at radius 1 is 1.10 bits per heavy atom. The van der Waals surface area contributed by atoms with Crippen LogP contribution in [0.5, 0.6) is 0 Å². The van der Waals surface area contributed by atoms with Crippen molar-refractivity contribution in [3.05, 3.63) is 53.8 Å². The molecule has 1 aliphatic rings. The number of hydrogen-bond acceptors (Lipinski definition) is 5. The van der Waals surface area contributed by atoms with Gasteiger partial charge >= 0.3 is 6.18 Å². The van der Waals surface area contributed by atoms with Gasteiger partial charge in [-0.15, -0.1) is 10.2 Å². The minimum absolute atomic E-state index is 0.102. The van der Waals surface area contributed by atoms with Crippen molar-refractivity contribution in [2.24, 2.45) is 0 Å². The molecule has 0 bridgehead atoms. The lowest BCUT2D eigenvalue weighted by Gasteiger charge is -2.21. The number of aromatic nitrogens is 2. The fraction of sp³-hybridized carbons (Fsp3) is 0.300. The summed E-state index contributed by atoms with van der Waals surface area (Å²) < 4.78 is 58.2. The quantitative estimate of drug-likeness (QED) is 0.640. The van der Waals surface area contributed by atoms with Crippen molar-refractivity contribution in [2.45, 2.75) is 18.2 Å². The van der Waals surface area contributed by atoms with Crippen LogP contribution in [0.4, 0.5) is 23.4 Å². The molecule has 1 fully saturated rings. The number of nitrogens with zero attached hydrogens (tertiary/aromatic N) is 2. The summed E-state index contributed by atoms with van der Waals surface area (Å²) >= 11 is 0. The third-order valence-electron chi connectivity index (χ3n) is 4.91. The van der Waals surface area contributed by atoms with E-state index in [0.29, 0.717) is 24.0 Å². The molecule has 1 unspecified atom stereocenters. The van der Waals surface area contributed by atoms with E-state index in [0.717, 1.165) is 12.1 Å². The highest BCUT2D eigenvalue weighted by atomic mass is 19.4. The SMILES string of the molecule is OC1(CNc2nnc(-c3ccc(C(F)(F)F)cc3)c3cccc(F)c23)CCOC1. The first-order valence-corrected chi connectivity index (χ1v) is 8.93. The number of aliphatic hydroxyl groups is 1. The predicted octanol–water partition coefficient (Wildman–Crippen LogP) is 4.02. The van der Waals surface area contributed by atoms with Crippen molar-refractivity contribution < 1.29 is 27.4 Å². The van der Waals surface area contributed by atoms with Crippen LogP contribution >= 0.6 is 0 Å². The van der Waals surface area contributed by atoms with Gasteiger partial charge in [0.1, 0.15) is 17.1 Å². The lowest BCUT2D eigenvalue weighted by Crippen LogP contribution is -2.37. The summed E-state index contributed by atoms with van der Waals surface area (Å²) in [6.45, 7) is 0.702. The standard InChI is InChI=1S/C20H17F4N3O2/c21-15-3-1-2-14-16(15)18(25-10-19(28)8-9-29-11-19)27-26-17(14)12-4-6-13(7-5-12)20(22,23)24/h1-7,28H,8-11H2,(H,25,27). The maximum absolute atomic E-state index is 14.6. The molecule has 9 heteroatoms. The molecule has 1 aromatic heterocycles. The summed E-state index contributed by atoms with van der Waals surface area (Å²) in [5.74, 6) is -0.406. The number of anilines is 1. The monoisotopic (exact) mass is 407 g/mol. The van der Waals surface area contributed by atoms with E-state index in [1.165, 1.54) is 24.3 Å². The average Bonchev–Trinajstić information content (AvgIpc) is 3.12. The van der Waals surface area contributed by atoms with E-state index < -0.39 is 23.2 Å². The van der Waals surface area contributed by atoms with E-state index in [9.17, 15) is 22.7 Å². The van der Waals surface area contributed by atoms with Crippen LogP contribution in [0.15, 0.2) is 42.5 Å². The van der Waals surface area contributed by atoms with E-state index >= 15 is 0 Å². The molecule has 4 rings (SSSR count). The number of fused-ring (bicyclic) bond motifs is 1. The van der Waals surface area contributed by atoms with Gasteiger partial charge < -0.3 is 15.2 Å². The van der Waals surface area contributed by atoms with Crippen LogP contribution in [0.3, 0.4) is 0 Å². The molecule has 2 N–H and O–H groups in total. The second kappa shape index (κ2) is 7.23. The first-order valence-electron chi connectivity index (χ1n) is 8.93. The highest BCUT2D eigenvalue weighted by Gasteiger charge is 2.33. The third-order valence-corrected chi connectivity index (χ3v) is 4.91. The summed E-state index contributed by atoms with van der Waals surface area (Å²) in [4.78, 5) is 0. The van der Waals surface area contributed by atoms with Gasteiger partial charge in [-0.25, -0.2) is 4.39 Å². The van der Waals surface area contributed by atoms with Crippen molar-refractivity contribution in [2.75, 3.05) is 25.1 Å². The van der Waals surface area contributed by atoms with Gasteiger partial charge in [0.15, 0.2) is 5.82 Å². The lowest BCUT2D eigenvalue weighted by atomic mass is 10.0. The van der Waals surface area contributed by atoms with Crippen molar-refractivity contribution >= 4 is 16.6 Å². The molecular formula is C20H17F4N3O2. The smallest absolute Gasteiger partial charge is 0.386 e. The second-order valence-electron chi connectivity index (χ2n) is 7.02. The average molecular weight is 407 g/mol. The number of nitrogens with one attached hydrogen (secondary N) is 1. The molecular weight excluding hydrogens is 390 g/mol. The minimum atomic E-state index is -4.45. The maximum atomic E-state index is 14.6. The van der Waals surface area contributed by atoms with E-state index in [2.05, 4.69) is 15.5 Å². The number of alkyl halides is 3. The van der Waals surface area contributed by atoms with Crippen LogP contribution in [0, 0.1) is 5.82 Å². The molecule has 1 saturated heterocycles. The number of rotatable bonds is 4. The van der Waals surface area contributed by atoms with Gasteiger partial charge in [0.2, 0.25) is 0 Å². The maximum Gasteiger partial charge on any atom is 0.416 e. The fourth-order valence-electron chi connectivity index (χ4n) is 3.30. The molecule has 0 aliphatic carbocycles. The fourth-order valence-corrected chi connectivity index (χ4v) is 3.30. The number of halogens is 4. The summed E-state index contributed by atoms with van der Waals surface area (Å²) in [6.07, 6.45) is -4.01. The zero-order chi connectivity index (χ0) is 20.6. The van der Waals surface area contributed by atoms with Gasteiger partial charge in [-0.1, -0.05) is 24.3 Å². The van der Waals surface area contributed by atoms with Crippen molar-refractivity contribution in [3.63, 3.8) is 0 Å². The van der Waals surface area contributed by atoms with E-state index in [1.807, 2.05) is 0 Å². The highest BCUT2D eigenvalue weighted by Crippen LogP contribution is 2.34. The Balaban J connectivity index is 1.72. The number of benzene rings is 2. The first-order chi connectivity index (χ1) is 13.8. The summed E-state index contributed by atoms with van der Waals surface area (Å²) in [5.41, 5.74) is -1.21. The van der Waals surface area contributed by atoms with Gasteiger partial charge in [0.25, 0.3) is 0 Å². The van der Waals surface area contributed by atoms with Crippen molar-refractivity contribution in [1.29, 1.82) is 0 Å². The van der Waals surface area contributed by atoms with Gasteiger partial charge in [0.05, 0.1) is 17.6 Å². The summed E-state index contributed by atoms with van der Waals surface area (Å²) in [5, 5.41) is 22.0. The minimum Gasteiger partial charge on any atom is -0.386 e. The summed E-state index contributed by atoms with van der Waals surface area (Å²) in [6, 6.07) is 8.84. The molecule has 0 spiro atoms. The van der Waals surface area contributed by atoms with Gasteiger partial charge in [0, 0.05) is 30.5 Å². The van der Waals surface area contributed by atoms with Crippen LogP contribution in [0.2, 0.25) is 0 Å². The molecule has 1 aliphatic heterocycles.